The Labute approximate surface area is 364 Å². The summed E-state index contributed by atoms with van der Waals surface area (Å²) in [5.41, 5.74) is 0. The van der Waals surface area contributed by atoms with E-state index in [1.807, 2.05) is 0 Å². The van der Waals surface area contributed by atoms with Crippen molar-refractivity contribution in [3.8, 4) is 0 Å². The van der Waals surface area contributed by atoms with Gasteiger partial charge in [0.15, 0.2) is 0 Å². The molecule has 1 amide bonds. The number of carbonyl (C=O) groups excluding carboxylic acids is 2. The molecule has 0 rings (SSSR count). The van der Waals surface area contributed by atoms with Crippen LogP contribution in [0.5, 0.6) is 0 Å². The van der Waals surface area contributed by atoms with Crippen molar-refractivity contribution in [2.45, 2.75) is 244 Å². The quantitative estimate of drug-likeness (QED) is 0.0323. The van der Waals surface area contributed by atoms with Crippen molar-refractivity contribution in [3.63, 3.8) is 0 Å². The molecule has 0 aliphatic heterocycles. The van der Waals surface area contributed by atoms with Crippen molar-refractivity contribution >= 4 is 11.9 Å². The van der Waals surface area contributed by atoms with Crippen LogP contribution in [0.15, 0.2) is 72.9 Å². The maximum Gasteiger partial charge on any atom is 0.306 e. The van der Waals surface area contributed by atoms with Crippen molar-refractivity contribution < 1.29 is 24.5 Å². The summed E-state index contributed by atoms with van der Waals surface area (Å²) in [7, 11) is 0. The van der Waals surface area contributed by atoms with E-state index in [0.717, 1.165) is 116 Å². The molecule has 0 fully saturated rings. The van der Waals surface area contributed by atoms with Crippen molar-refractivity contribution in [1.82, 2.24) is 5.32 Å². The number of carbonyl (C=O) groups is 2. The second-order valence-corrected chi connectivity index (χ2v) is 16.4. The first-order valence-corrected chi connectivity index (χ1v) is 24.7. The maximum atomic E-state index is 13.2. The van der Waals surface area contributed by atoms with Crippen LogP contribution in [0.2, 0.25) is 0 Å². The number of hydrogen-bond donors (Lipinski definition) is 3. The molecule has 3 atom stereocenters. The molecular formula is C53H93NO5. The highest BCUT2D eigenvalue weighted by molar-refractivity contribution is 5.77. The van der Waals surface area contributed by atoms with E-state index >= 15 is 0 Å². The molecule has 3 unspecified atom stereocenters. The number of allylic oxidation sites excluding steroid dienone is 12. The molecule has 0 aromatic carbocycles. The van der Waals surface area contributed by atoms with Crippen LogP contribution < -0.4 is 5.32 Å². The second kappa shape index (κ2) is 46.4. The third-order valence-electron chi connectivity index (χ3n) is 10.8. The van der Waals surface area contributed by atoms with E-state index in [2.05, 4.69) is 99.0 Å². The van der Waals surface area contributed by atoms with Crippen molar-refractivity contribution in [2.24, 2.45) is 0 Å². The summed E-state index contributed by atoms with van der Waals surface area (Å²) in [6.45, 7) is 6.24. The number of rotatable bonds is 43. The lowest BCUT2D eigenvalue weighted by Gasteiger charge is -2.24. The number of aliphatic hydroxyl groups excluding tert-OH is 2. The lowest BCUT2D eigenvalue weighted by Crippen LogP contribution is -2.46. The highest BCUT2D eigenvalue weighted by Crippen LogP contribution is 2.17. The van der Waals surface area contributed by atoms with Gasteiger partial charge in [-0.15, -0.1) is 0 Å². The third-order valence-corrected chi connectivity index (χ3v) is 10.8. The van der Waals surface area contributed by atoms with Crippen LogP contribution in [0.4, 0.5) is 0 Å². The van der Waals surface area contributed by atoms with Crippen LogP contribution >= 0.6 is 0 Å². The summed E-state index contributed by atoms with van der Waals surface area (Å²) in [5, 5.41) is 23.7. The van der Waals surface area contributed by atoms with Gasteiger partial charge in [0.05, 0.1) is 25.2 Å². The van der Waals surface area contributed by atoms with Gasteiger partial charge in [-0.2, -0.15) is 0 Å². The Kier molecular flexibility index (Phi) is 44.2. The standard InChI is InChI=1S/C53H93NO5/c1-4-7-10-13-16-19-22-25-26-27-28-31-34-37-40-43-46-53(58)59-49(44-41-38-35-32-29-23-20-17-14-11-8-5-2)47-52(57)54-50(48-55)51(56)45-42-39-36-33-30-24-21-18-15-12-9-6-3/h7-8,10-11,16-17,19-20,25-26,28,31,49-51,55-56H,4-6,9,12-15,18,21-24,27,29-30,32-48H2,1-3H3,(H,54,57)/b10-7+,11-8+,19-16+,20-17+,26-25+,31-28+. The summed E-state index contributed by atoms with van der Waals surface area (Å²) in [5.74, 6) is -0.528. The largest absolute Gasteiger partial charge is 0.462 e. The SMILES string of the molecule is CC/C=C/C/C=C/C/C=C/C/C=C/CCCCCC(=O)OC(CCCCCCC/C=C/C/C=C/CC)CC(=O)NC(CO)C(O)CCCCCCCCCCCCCC. The first-order chi connectivity index (χ1) is 29.0. The van der Waals surface area contributed by atoms with E-state index in [-0.39, 0.29) is 24.9 Å². The van der Waals surface area contributed by atoms with Gasteiger partial charge in [-0.25, -0.2) is 0 Å². The summed E-state index contributed by atoms with van der Waals surface area (Å²) < 4.78 is 5.90. The van der Waals surface area contributed by atoms with Crippen molar-refractivity contribution in [1.29, 1.82) is 0 Å². The van der Waals surface area contributed by atoms with E-state index in [1.165, 1.54) is 64.2 Å². The van der Waals surface area contributed by atoms with Crippen LogP contribution in [0.3, 0.4) is 0 Å². The molecule has 0 saturated carbocycles. The predicted octanol–water partition coefficient (Wildman–Crippen LogP) is 14.6. The van der Waals surface area contributed by atoms with E-state index in [9.17, 15) is 19.8 Å². The van der Waals surface area contributed by atoms with E-state index in [4.69, 9.17) is 4.74 Å². The maximum absolute atomic E-state index is 13.2. The van der Waals surface area contributed by atoms with Gasteiger partial charge in [0.1, 0.15) is 6.10 Å². The monoisotopic (exact) mass is 824 g/mol. The predicted molar refractivity (Wildman–Crippen MR) is 255 cm³/mol. The number of amides is 1. The van der Waals surface area contributed by atoms with Crippen molar-refractivity contribution in [3.05, 3.63) is 72.9 Å². The highest BCUT2D eigenvalue weighted by Gasteiger charge is 2.24. The number of hydrogen-bond acceptors (Lipinski definition) is 5. The van der Waals surface area contributed by atoms with Gasteiger partial charge in [-0.05, 0) is 89.9 Å². The molecule has 6 nitrogen and oxygen atoms in total. The average molecular weight is 824 g/mol. The molecule has 0 aliphatic rings. The molecule has 59 heavy (non-hydrogen) atoms. The van der Waals surface area contributed by atoms with Crippen LogP contribution in [-0.4, -0.2) is 46.9 Å². The van der Waals surface area contributed by atoms with Gasteiger partial charge in [-0.1, -0.05) is 196 Å². The summed E-state index contributed by atoms with van der Waals surface area (Å²) in [6.07, 6.45) is 58.2. The van der Waals surface area contributed by atoms with Gasteiger partial charge in [0.2, 0.25) is 5.91 Å². The third kappa shape index (κ3) is 41.8. The fourth-order valence-corrected chi connectivity index (χ4v) is 7.11. The number of ether oxygens (including phenoxy) is 1. The molecule has 340 valence electrons. The summed E-state index contributed by atoms with van der Waals surface area (Å²) >= 11 is 0. The smallest absolute Gasteiger partial charge is 0.306 e. The lowest BCUT2D eigenvalue weighted by molar-refractivity contribution is -0.151. The zero-order chi connectivity index (χ0) is 43.1. The summed E-state index contributed by atoms with van der Waals surface area (Å²) in [6, 6.07) is -0.714. The normalized spacial score (nSPS) is 13.9. The van der Waals surface area contributed by atoms with E-state index in [0.29, 0.717) is 19.3 Å². The Morgan fingerprint density at radius 2 is 0.915 bits per heavy atom. The Morgan fingerprint density at radius 3 is 1.39 bits per heavy atom. The first kappa shape index (κ1) is 56.3. The molecular weight excluding hydrogens is 731 g/mol. The zero-order valence-corrected chi connectivity index (χ0v) is 38.6. The number of nitrogens with one attached hydrogen (secondary N) is 1. The number of esters is 1. The minimum Gasteiger partial charge on any atom is -0.462 e. The Balaban J connectivity index is 4.65. The summed E-state index contributed by atoms with van der Waals surface area (Å²) in [4.78, 5) is 26.1. The van der Waals surface area contributed by atoms with Crippen LogP contribution in [0.1, 0.15) is 226 Å². The molecule has 0 heterocycles. The second-order valence-electron chi connectivity index (χ2n) is 16.4. The fraction of sp³-hybridized carbons (Fsp3) is 0.736. The topological polar surface area (TPSA) is 95.9 Å². The molecule has 0 saturated heterocycles. The van der Waals surface area contributed by atoms with Crippen LogP contribution in [0, 0.1) is 0 Å². The Hall–Kier alpha value is -2.70. The Bertz CT molecular complexity index is 1110. The zero-order valence-electron chi connectivity index (χ0n) is 38.6. The minimum atomic E-state index is -0.799. The van der Waals surface area contributed by atoms with Gasteiger partial charge in [0.25, 0.3) is 0 Å². The van der Waals surface area contributed by atoms with Gasteiger partial charge >= 0.3 is 5.97 Å². The molecule has 0 aromatic heterocycles. The number of aliphatic hydroxyl groups is 2. The first-order valence-electron chi connectivity index (χ1n) is 24.7. The van der Waals surface area contributed by atoms with E-state index in [1.54, 1.807) is 0 Å². The van der Waals surface area contributed by atoms with Crippen molar-refractivity contribution in [2.75, 3.05) is 6.61 Å². The molecule has 0 spiro atoms. The molecule has 0 bridgehead atoms. The van der Waals surface area contributed by atoms with Gasteiger partial charge < -0.3 is 20.3 Å². The van der Waals surface area contributed by atoms with Crippen LogP contribution in [0.25, 0.3) is 0 Å². The van der Waals surface area contributed by atoms with Gasteiger partial charge in [0, 0.05) is 6.42 Å². The average Bonchev–Trinajstić information content (AvgIpc) is 3.23. The van der Waals surface area contributed by atoms with Crippen LogP contribution in [-0.2, 0) is 14.3 Å². The molecule has 0 radical (unpaired) electrons. The highest BCUT2D eigenvalue weighted by atomic mass is 16.5. The van der Waals surface area contributed by atoms with Gasteiger partial charge in [-0.3, -0.25) is 9.59 Å². The van der Waals surface area contributed by atoms with E-state index < -0.39 is 18.2 Å². The fourth-order valence-electron chi connectivity index (χ4n) is 7.11. The molecule has 6 heteroatoms. The molecule has 0 aromatic rings. The Morgan fingerprint density at radius 1 is 0.508 bits per heavy atom. The molecule has 0 aliphatic carbocycles. The molecule has 3 N–H and O–H groups in total. The number of unbranched alkanes of at least 4 members (excludes halogenated alkanes) is 19. The minimum absolute atomic E-state index is 0.0522. The lowest BCUT2D eigenvalue weighted by atomic mass is 10.0.